The summed E-state index contributed by atoms with van der Waals surface area (Å²) in [6, 6.07) is 10.1. The second kappa shape index (κ2) is 5.90. The number of halogens is 1. The van der Waals surface area contributed by atoms with E-state index < -0.39 is 10.0 Å². The van der Waals surface area contributed by atoms with Crippen LogP contribution in [-0.4, -0.2) is 24.8 Å². The molecule has 0 fully saturated rings. The average Bonchev–Trinajstić information content (AvgIpc) is 2.39. The van der Waals surface area contributed by atoms with Gasteiger partial charge in [0.25, 0.3) is 0 Å². The van der Waals surface area contributed by atoms with Crippen LogP contribution in [0.15, 0.2) is 52.0 Å². The number of hydrogen-bond acceptors (Lipinski definition) is 4. The van der Waals surface area contributed by atoms with E-state index in [0.29, 0.717) is 5.69 Å². The average molecular weight is 356 g/mol. The molecule has 0 saturated carbocycles. The van der Waals surface area contributed by atoms with Crippen molar-refractivity contribution in [2.75, 3.05) is 12.8 Å². The zero-order valence-corrected chi connectivity index (χ0v) is 13.2. The Bertz CT molecular complexity index is 705. The van der Waals surface area contributed by atoms with Crippen LogP contribution in [0.25, 0.3) is 0 Å². The van der Waals surface area contributed by atoms with Crippen LogP contribution in [0.4, 0.5) is 5.69 Å². The molecule has 2 aromatic rings. The number of rotatable bonds is 4. The van der Waals surface area contributed by atoms with E-state index in [1.165, 1.54) is 17.4 Å². The first-order chi connectivity index (χ1) is 9.41. The van der Waals surface area contributed by atoms with Crippen LogP contribution in [0.2, 0.25) is 0 Å². The van der Waals surface area contributed by atoms with Gasteiger partial charge in [-0.1, -0.05) is 22.0 Å². The maximum atomic E-state index is 12.5. The van der Waals surface area contributed by atoms with Crippen LogP contribution >= 0.6 is 15.9 Å². The molecule has 0 amide bonds. The fourth-order valence-corrected chi connectivity index (χ4v) is 3.34. The van der Waals surface area contributed by atoms with Gasteiger partial charge in [-0.3, -0.25) is 4.98 Å². The molecule has 1 aromatic heterocycles. The monoisotopic (exact) mass is 355 g/mol. The third kappa shape index (κ3) is 3.17. The summed E-state index contributed by atoms with van der Waals surface area (Å²) >= 11 is 3.26. The number of nitrogens with two attached hydrogens (primary N) is 1. The zero-order valence-electron chi connectivity index (χ0n) is 10.8. The van der Waals surface area contributed by atoms with Crippen molar-refractivity contribution in [1.82, 2.24) is 9.29 Å². The van der Waals surface area contributed by atoms with Crippen LogP contribution in [0, 0.1) is 0 Å². The lowest BCUT2D eigenvalue weighted by molar-refractivity contribution is 0.462. The molecule has 20 heavy (non-hydrogen) atoms. The Kier molecular flexibility index (Phi) is 4.42. The van der Waals surface area contributed by atoms with Gasteiger partial charge in [0.2, 0.25) is 10.0 Å². The van der Waals surface area contributed by atoms with Gasteiger partial charge >= 0.3 is 0 Å². The Hall–Kier alpha value is -1.44. The number of sulfonamides is 1. The number of aromatic nitrogens is 1. The SMILES string of the molecule is CN(Cc1ccccn1)S(=O)(=O)c1ccc(Br)cc1N. The topological polar surface area (TPSA) is 76.3 Å². The molecule has 0 unspecified atom stereocenters. The Balaban J connectivity index is 2.30. The minimum atomic E-state index is -3.64. The van der Waals surface area contributed by atoms with E-state index in [-0.39, 0.29) is 17.1 Å². The van der Waals surface area contributed by atoms with Crippen LogP contribution in [0.1, 0.15) is 5.69 Å². The normalized spacial score (nSPS) is 11.8. The highest BCUT2D eigenvalue weighted by molar-refractivity contribution is 9.10. The van der Waals surface area contributed by atoms with Crippen LogP contribution in [-0.2, 0) is 16.6 Å². The number of benzene rings is 1. The highest BCUT2D eigenvalue weighted by Gasteiger charge is 2.23. The van der Waals surface area contributed by atoms with Gasteiger partial charge < -0.3 is 5.73 Å². The lowest BCUT2D eigenvalue weighted by Gasteiger charge is -2.18. The maximum Gasteiger partial charge on any atom is 0.245 e. The van der Waals surface area contributed by atoms with Crippen molar-refractivity contribution >= 4 is 31.6 Å². The molecule has 1 aromatic carbocycles. The predicted molar refractivity (Wildman–Crippen MR) is 81.4 cm³/mol. The molecule has 0 aliphatic heterocycles. The van der Waals surface area contributed by atoms with Crippen molar-refractivity contribution in [3.63, 3.8) is 0 Å². The molecule has 2 rings (SSSR count). The van der Waals surface area contributed by atoms with Gasteiger partial charge in [0.1, 0.15) is 4.90 Å². The molecular weight excluding hydrogens is 342 g/mol. The lowest BCUT2D eigenvalue weighted by Crippen LogP contribution is -2.27. The number of pyridine rings is 1. The standard InChI is InChI=1S/C13H14BrN3O2S/c1-17(9-11-4-2-3-7-16-11)20(18,19)13-6-5-10(14)8-12(13)15/h2-8H,9,15H2,1H3. The quantitative estimate of drug-likeness (QED) is 0.853. The number of nitrogens with zero attached hydrogens (tertiary/aromatic N) is 2. The Morgan fingerprint density at radius 3 is 2.65 bits per heavy atom. The van der Waals surface area contributed by atoms with E-state index in [1.54, 1.807) is 30.5 Å². The molecule has 2 N–H and O–H groups in total. The zero-order chi connectivity index (χ0) is 14.8. The summed E-state index contributed by atoms with van der Waals surface area (Å²) in [7, 11) is -2.13. The Morgan fingerprint density at radius 2 is 2.05 bits per heavy atom. The second-order valence-corrected chi connectivity index (χ2v) is 7.19. The molecule has 106 valence electrons. The van der Waals surface area contributed by atoms with E-state index in [2.05, 4.69) is 20.9 Å². The van der Waals surface area contributed by atoms with Crippen LogP contribution in [0.3, 0.4) is 0 Å². The molecule has 7 heteroatoms. The minimum Gasteiger partial charge on any atom is -0.398 e. The first-order valence-corrected chi connectivity index (χ1v) is 8.06. The van der Waals surface area contributed by atoms with Crippen molar-refractivity contribution in [1.29, 1.82) is 0 Å². The van der Waals surface area contributed by atoms with Gasteiger partial charge in [-0.25, -0.2) is 8.42 Å². The Labute approximate surface area is 126 Å². The smallest absolute Gasteiger partial charge is 0.245 e. The third-order valence-corrected chi connectivity index (χ3v) is 5.14. The molecule has 5 nitrogen and oxygen atoms in total. The van der Waals surface area contributed by atoms with Crippen molar-refractivity contribution in [2.24, 2.45) is 0 Å². The van der Waals surface area contributed by atoms with Gasteiger partial charge in [0, 0.05) is 17.7 Å². The van der Waals surface area contributed by atoms with E-state index in [4.69, 9.17) is 5.73 Å². The third-order valence-electron chi connectivity index (χ3n) is 2.77. The van der Waals surface area contributed by atoms with Gasteiger partial charge in [-0.2, -0.15) is 4.31 Å². The Morgan fingerprint density at radius 1 is 1.30 bits per heavy atom. The summed E-state index contributed by atoms with van der Waals surface area (Å²) in [6.45, 7) is 0.193. The molecule has 0 saturated heterocycles. The van der Waals surface area contributed by atoms with Gasteiger partial charge in [-0.05, 0) is 30.3 Å². The van der Waals surface area contributed by atoms with Crippen LogP contribution < -0.4 is 5.73 Å². The summed E-state index contributed by atoms with van der Waals surface area (Å²) in [6.07, 6.45) is 1.63. The summed E-state index contributed by atoms with van der Waals surface area (Å²) in [4.78, 5) is 4.21. The highest BCUT2D eigenvalue weighted by atomic mass is 79.9. The van der Waals surface area contributed by atoms with Gasteiger partial charge in [0.15, 0.2) is 0 Å². The highest BCUT2D eigenvalue weighted by Crippen LogP contribution is 2.25. The first-order valence-electron chi connectivity index (χ1n) is 5.82. The summed E-state index contributed by atoms with van der Waals surface area (Å²) in [5.41, 5.74) is 6.68. The molecule has 1 heterocycles. The second-order valence-electron chi connectivity index (χ2n) is 4.26. The molecule has 0 aliphatic rings. The molecule has 0 bridgehead atoms. The van der Waals surface area contributed by atoms with Gasteiger partial charge in [-0.15, -0.1) is 0 Å². The van der Waals surface area contributed by atoms with E-state index in [9.17, 15) is 8.42 Å². The maximum absolute atomic E-state index is 12.5. The number of hydrogen-bond donors (Lipinski definition) is 1. The molecule has 0 radical (unpaired) electrons. The minimum absolute atomic E-state index is 0.0964. The molecule has 0 spiro atoms. The molecule has 0 atom stereocenters. The fraction of sp³-hybridized carbons (Fsp3) is 0.154. The van der Waals surface area contributed by atoms with E-state index >= 15 is 0 Å². The van der Waals surface area contributed by atoms with E-state index in [1.807, 2.05) is 6.07 Å². The number of anilines is 1. The molecular formula is C13H14BrN3O2S. The van der Waals surface area contributed by atoms with Crippen molar-refractivity contribution in [3.05, 3.63) is 52.8 Å². The lowest BCUT2D eigenvalue weighted by atomic mass is 10.3. The molecule has 0 aliphatic carbocycles. The summed E-state index contributed by atoms with van der Waals surface area (Å²) in [5, 5.41) is 0. The van der Waals surface area contributed by atoms with Crippen LogP contribution in [0.5, 0.6) is 0 Å². The van der Waals surface area contributed by atoms with E-state index in [0.717, 1.165) is 4.47 Å². The van der Waals surface area contributed by atoms with Crippen molar-refractivity contribution in [2.45, 2.75) is 11.4 Å². The van der Waals surface area contributed by atoms with Crippen molar-refractivity contribution in [3.8, 4) is 0 Å². The largest absolute Gasteiger partial charge is 0.398 e. The first kappa shape index (κ1) is 15.0. The summed E-state index contributed by atoms with van der Waals surface area (Å²) in [5.74, 6) is 0. The fourth-order valence-electron chi connectivity index (χ4n) is 1.73. The predicted octanol–water partition coefficient (Wildman–Crippen LogP) is 2.25. The summed E-state index contributed by atoms with van der Waals surface area (Å²) < 4.78 is 26.9. The number of nitrogen functional groups attached to an aromatic ring is 1. The van der Waals surface area contributed by atoms with Gasteiger partial charge in [0.05, 0.1) is 17.9 Å². The van der Waals surface area contributed by atoms with Crippen molar-refractivity contribution < 1.29 is 8.42 Å².